The first-order valence-corrected chi connectivity index (χ1v) is 7.28. The first kappa shape index (κ1) is 12.0. The predicted octanol–water partition coefficient (Wildman–Crippen LogP) is 1.44. The molecule has 3 rings (SSSR count). The van der Waals surface area contributed by atoms with E-state index in [9.17, 15) is 9.59 Å². The van der Waals surface area contributed by atoms with Crippen molar-refractivity contribution in [3.05, 3.63) is 0 Å². The summed E-state index contributed by atoms with van der Waals surface area (Å²) in [7, 11) is 0. The molecule has 100 valence electrons. The van der Waals surface area contributed by atoms with Gasteiger partial charge >= 0.3 is 0 Å². The Bertz CT molecular complexity index is 369. The number of amides is 2. The number of likely N-dealkylation sites (tertiary alicyclic amines) is 1. The number of nitrogens with one attached hydrogen (secondary N) is 1. The normalized spacial score (nSPS) is 39.6. The van der Waals surface area contributed by atoms with E-state index in [0.717, 1.165) is 12.8 Å². The highest BCUT2D eigenvalue weighted by Crippen LogP contribution is 2.40. The van der Waals surface area contributed by atoms with Crippen molar-refractivity contribution in [1.82, 2.24) is 10.2 Å². The van der Waals surface area contributed by atoms with Crippen molar-refractivity contribution in [1.29, 1.82) is 0 Å². The molecule has 0 aromatic rings. The van der Waals surface area contributed by atoms with Gasteiger partial charge in [-0.15, -0.1) is 0 Å². The fourth-order valence-electron chi connectivity index (χ4n) is 4.07. The van der Waals surface area contributed by atoms with E-state index in [1.54, 1.807) is 0 Å². The molecule has 2 saturated heterocycles. The van der Waals surface area contributed by atoms with E-state index in [1.165, 1.54) is 19.3 Å². The summed E-state index contributed by atoms with van der Waals surface area (Å²) in [4.78, 5) is 25.9. The second kappa shape index (κ2) is 4.56. The molecule has 2 heterocycles. The number of fused-ring (bicyclic) bond motifs is 1. The van der Waals surface area contributed by atoms with Crippen molar-refractivity contribution in [2.45, 2.75) is 70.0 Å². The monoisotopic (exact) mass is 250 g/mol. The molecular weight excluding hydrogens is 228 g/mol. The standard InChI is InChI=1S/C14H22N2O2/c1-9-8-10-4-2-3-5-12(10)16(9)14(18)11-6-7-13(17)15-11/h9-12H,2-8H2,1H3,(H,15,17). The van der Waals surface area contributed by atoms with Crippen molar-refractivity contribution >= 4 is 11.8 Å². The zero-order valence-electron chi connectivity index (χ0n) is 11.0. The van der Waals surface area contributed by atoms with Gasteiger partial charge in [0.15, 0.2) is 0 Å². The maximum absolute atomic E-state index is 12.6. The van der Waals surface area contributed by atoms with Crippen LogP contribution in [0.3, 0.4) is 0 Å². The summed E-state index contributed by atoms with van der Waals surface area (Å²) in [5.41, 5.74) is 0. The van der Waals surface area contributed by atoms with Gasteiger partial charge in [0.05, 0.1) is 0 Å². The number of rotatable bonds is 1. The van der Waals surface area contributed by atoms with Crippen LogP contribution in [0, 0.1) is 5.92 Å². The van der Waals surface area contributed by atoms with Gasteiger partial charge in [-0.05, 0) is 38.5 Å². The Morgan fingerprint density at radius 3 is 2.78 bits per heavy atom. The van der Waals surface area contributed by atoms with Crippen LogP contribution in [0.5, 0.6) is 0 Å². The Kier molecular flexibility index (Phi) is 3.04. The third-order valence-corrected chi connectivity index (χ3v) is 4.89. The fourth-order valence-corrected chi connectivity index (χ4v) is 4.07. The van der Waals surface area contributed by atoms with Crippen LogP contribution in [0.2, 0.25) is 0 Å². The number of hydrogen-bond donors (Lipinski definition) is 1. The van der Waals surface area contributed by atoms with E-state index in [2.05, 4.69) is 17.1 Å². The summed E-state index contributed by atoms with van der Waals surface area (Å²) in [6, 6.07) is 0.544. The highest BCUT2D eigenvalue weighted by atomic mass is 16.2. The first-order valence-electron chi connectivity index (χ1n) is 7.28. The van der Waals surface area contributed by atoms with Crippen molar-refractivity contribution < 1.29 is 9.59 Å². The lowest BCUT2D eigenvalue weighted by Crippen LogP contribution is -2.50. The molecule has 4 nitrogen and oxygen atoms in total. The maximum Gasteiger partial charge on any atom is 0.245 e. The number of carbonyl (C=O) groups excluding carboxylic acids is 2. The van der Waals surface area contributed by atoms with E-state index in [0.29, 0.717) is 30.8 Å². The third kappa shape index (κ3) is 1.91. The van der Waals surface area contributed by atoms with Gasteiger partial charge in [-0.1, -0.05) is 12.8 Å². The molecule has 0 aromatic carbocycles. The van der Waals surface area contributed by atoms with Crippen LogP contribution in [0.4, 0.5) is 0 Å². The molecule has 0 radical (unpaired) electrons. The van der Waals surface area contributed by atoms with Crippen LogP contribution in [-0.4, -0.2) is 34.8 Å². The predicted molar refractivity (Wildman–Crippen MR) is 67.8 cm³/mol. The lowest BCUT2D eigenvalue weighted by atomic mass is 9.85. The SMILES string of the molecule is CC1CC2CCCCC2N1C(=O)C1CCC(=O)N1. The molecule has 1 aliphatic carbocycles. The second-order valence-electron chi connectivity index (χ2n) is 6.10. The van der Waals surface area contributed by atoms with E-state index >= 15 is 0 Å². The zero-order valence-corrected chi connectivity index (χ0v) is 11.0. The Balaban J connectivity index is 1.74. The van der Waals surface area contributed by atoms with E-state index < -0.39 is 0 Å². The fraction of sp³-hybridized carbons (Fsp3) is 0.857. The number of nitrogens with zero attached hydrogens (tertiary/aromatic N) is 1. The van der Waals surface area contributed by atoms with E-state index in [-0.39, 0.29) is 17.9 Å². The van der Waals surface area contributed by atoms with Gasteiger partial charge < -0.3 is 10.2 Å². The molecule has 0 bridgehead atoms. The van der Waals surface area contributed by atoms with Crippen LogP contribution in [-0.2, 0) is 9.59 Å². The van der Waals surface area contributed by atoms with Crippen molar-refractivity contribution in [2.24, 2.45) is 5.92 Å². The molecule has 4 heteroatoms. The molecular formula is C14H22N2O2. The Labute approximate surface area is 108 Å². The number of carbonyl (C=O) groups is 2. The third-order valence-electron chi connectivity index (χ3n) is 4.89. The lowest BCUT2D eigenvalue weighted by Gasteiger charge is -2.34. The van der Waals surface area contributed by atoms with E-state index in [4.69, 9.17) is 0 Å². The van der Waals surface area contributed by atoms with Gasteiger partial charge in [-0.2, -0.15) is 0 Å². The van der Waals surface area contributed by atoms with Gasteiger partial charge in [-0.25, -0.2) is 0 Å². The average Bonchev–Trinajstić information content (AvgIpc) is 2.91. The molecule has 1 N–H and O–H groups in total. The summed E-state index contributed by atoms with van der Waals surface area (Å²) >= 11 is 0. The van der Waals surface area contributed by atoms with Gasteiger partial charge in [0.25, 0.3) is 0 Å². The molecule has 2 amide bonds. The molecule has 3 fully saturated rings. The highest BCUT2D eigenvalue weighted by Gasteiger charge is 2.45. The Morgan fingerprint density at radius 2 is 2.06 bits per heavy atom. The van der Waals surface area contributed by atoms with Crippen LogP contribution >= 0.6 is 0 Å². The van der Waals surface area contributed by atoms with Crippen LogP contribution in [0.1, 0.15) is 51.9 Å². The maximum atomic E-state index is 12.6. The van der Waals surface area contributed by atoms with Crippen molar-refractivity contribution in [3.8, 4) is 0 Å². The minimum absolute atomic E-state index is 0.0281. The van der Waals surface area contributed by atoms with Gasteiger partial charge in [-0.3, -0.25) is 9.59 Å². The smallest absolute Gasteiger partial charge is 0.245 e. The summed E-state index contributed by atoms with van der Waals surface area (Å²) < 4.78 is 0. The Hall–Kier alpha value is -1.06. The average molecular weight is 250 g/mol. The number of hydrogen-bond acceptors (Lipinski definition) is 2. The summed E-state index contributed by atoms with van der Waals surface area (Å²) in [6.45, 7) is 2.16. The quantitative estimate of drug-likeness (QED) is 0.765. The van der Waals surface area contributed by atoms with Crippen LogP contribution < -0.4 is 5.32 Å². The van der Waals surface area contributed by atoms with E-state index in [1.807, 2.05) is 0 Å². The molecule has 0 spiro atoms. The highest BCUT2D eigenvalue weighted by molar-refractivity contribution is 5.91. The van der Waals surface area contributed by atoms with Gasteiger partial charge in [0.1, 0.15) is 6.04 Å². The molecule has 0 aromatic heterocycles. The largest absolute Gasteiger partial charge is 0.344 e. The zero-order chi connectivity index (χ0) is 12.7. The minimum Gasteiger partial charge on any atom is -0.344 e. The van der Waals surface area contributed by atoms with Crippen molar-refractivity contribution in [3.63, 3.8) is 0 Å². The topological polar surface area (TPSA) is 49.4 Å². The minimum atomic E-state index is -0.249. The molecule has 4 atom stereocenters. The van der Waals surface area contributed by atoms with Crippen molar-refractivity contribution in [2.75, 3.05) is 0 Å². The van der Waals surface area contributed by atoms with Gasteiger partial charge in [0.2, 0.25) is 11.8 Å². The molecule has 2 aliphatic heterocycles. The Morgan fingerprint density at radius 1 is 1.28 bits per heavy atom. The molecule has 4 unspecified atom stereocenters. The first-order chi connectivity index (χ1) is 8.66. The molecule has 1 saturated carbocycles. The summed E-state index contributed by atoms with van der Waals surface area (Å²) in [5.74, 6) is 0.901. The lowest BCUT2D eigenvalue weighted by molar-refractivity contribution is -0.137. The van der Waals surface area contributed by atoms with Gasteiger partial charge in [0, 0.05) is 18.5 Å². The molecule has 3 aliphatic rings. The second-order valence-corrected chi connectivity index (χ2v) is 6.10. The van der Waals surface area contributed by atoms with Crippen LogP contribution in [0.25, 0.3) is 0 Å². The van der Waals surface area contributed by atoms with Crippen LogP contribution in [0.15, 0.2) is 0 Å². The summed E-state index contributed by atoms with van der Waals surface area (Å²) in [6.07, 6.45) is 7.32. The summed E-state index contributed by atoms with van der Waals surface area (Å²) in [5, 5.41) is 2.82. The molecule has 18 heavy (non-hydrogen) atoms.